The summed E-state index contributed by atoms with van der Waals surface area (Å²) in [5, 5.41) is 3.33. The lowest BCUT2D eigenvalue weighted by Gasteiger charge is -2.36. The molecule has 2 aliphatic rings. The summed E-state index contributed by atoms with van der Waals surface area (Å²) in [4.78, 5) is 14.5. The fourth-order valence-electron chi connectivity index (χ4n) is 3.21. The van der Waals surface area contributed by atoms with Gasteiger partial charge in [0.05, 0.1) is 18.6 Å². The number of methoxy groups -OCH3 is 1. The SMILES string of the molecule is CCNC(CN1CCCS(=O)(=O)CC1)(C(=O)OC)C1CC1. The van der Waals surface area contributed by atoms with E-state index in [0.717, 1.165) is 19.4 Å². The van der Waals surface area contributed by atoms with Crippen LogP contribution in [0.1, 0.15) is 26.2 Å². The number of ether oxygens (including phenoxy) is 1. The van der Waals surface area contributed by atoms with Crippen molar-refractivity contribution in [2.45, 2.75) is 31.7 Å². The molecule has 2 fully saturated rings. The van der Waals surface area contributed by atoms with E-state index in [-0.39, 0.29) is 17.5 Å². The second-order valence-corrected chi connectivity index (χ2v) is 8.35. The first-order valence-electron chi connectivity index (χ1n) is 7.70. The third-order valence-electron chi connectivity index (χ3n) is 4.44. The van der Waals surface area contributed by atoms with Crippen LogP contribution in [0.3, 0.4) is 0 Å². The molecule has 7 heteroatoms. The van der Waals surface area contributed by atoms with E-state index in [2.05, 4.69) is 10.2 Å². The lowest BCUT2D eigenvalue weighted by molar-refractivity contribution is -0.150. The number of carbonyl (C=O) groups is 1. The topological polar surface area (TPSA) is 75.7 Å². The molecule has 1 aliphatic heterocycles. The van der Waals surface area contributed by atoms with E-state index in [1.54, 1.807) is 0 Å². The Kier molecular flexibility index (Phi) is 5.27. The van der Waals surface area contributed by atoms with Gasteiger partial charge in [0.25, 0.3) is 0 Å². The summed E-state index contributed by atoms with van der Waals surface area (Å²) in [7, 11) is -1.51. The molecule has 1 N–H and O–H groups in total. The van der Waals surface area contributed by atoms with Gasteiger partial charge in [-0.1, -0.05) is 6.92 Å². The Bertz CT molecular complexity index is 475. The molecule has 1 aliphatic carbocycles. The summed E-state index contributed by atoms with van der Waals surface area (Å²) in [6.45, 7) is 4.42. The van der Waals surface area contributed by atoms with E-state index in [0.29, 0.717) is 32.0 Å². The normalized spacial score (nSPS) is 25.8. The van der Waals surface area contributed by atoms with Crippen molar-refractivity contribution in [3.05, 3.63) is 0 Å². The van der Waals surface area contributed by atoms with Crippen molar-refractivity contribution in [3.8, 4) is 0 Å². The molecular weight excluding hydrogens is 292 g/mol. The van der Waals surface area contributed by atoms with Crippen LogP contribution in [-0.2, 0) is 19.4 Å². The first kappa shape index (κ1) is 16.7. The molecule has 6 nitrogen and oxygen atoms in total. The fraction of sp³-hybridized carbons (Fsp3) is 0.929. The minimum absolute atomic E-state index is 0.182. The molecule has 0 spiro atoms. The molecule has 0 bridgehead atoms. The lowest BCUT2D eigenvalue weighted by Crippen LogP contribution is -2.61. The molecule has 21 heavy (non-hydrogen) atoms. The van der Waals surface area contributed by atoms with Crippen molar-refractivity contribution in [1.82, 2.24) is 10.2 Å². The molecule has 1 unspecified atom stereocenters. The predicted octanol–water partition coefficient (Wildman–Crippen LogP) is 0.0382. The average molecular weight is 318 g/mol. The molecule has 1 saturated carbocycles. The van der Waals surface area contributed by atoms with Gasteiger partial charge >= 0.3 is 5.97 Å². The highest BCUT2D eigenvalue weighted by Gasteiger charge is 2.52. The number of sulfone groups is 1. The summed E-state index contributed by atoms with van der Waals surface area (Å²) < 4.78 is 28.5. The maximum Gasteiger partial charge on any atom is 0.327 e. The number of rotatable bonds is 6. The highest BCUT2D eigenvalue weighted by molar-refractivity contribution is 7.91. The van der Waals surface area contributed by atoms with Crippen LogP contribution in [0.15, 0.2) is 0 Å². The zero-order chi connectivity index (χ0) is 15.5. The number of hydrogen-bond donors (Lipinski definition) is 1. The Balaban J connectivity index is 2.12. The summed E-state index contributed by atoms with van der Waals surface area (Å²) >= 11 is 0. The quantitative estimate of drug-likeness (QED) is 0.697. The van der Waals surface area contributed by atoms with Crippen LogP contribution in [-0.4, -0.2) is 69.6 Å². The monoisotopic (exact) mass is 318 g/mol. The van der Waals surface area contributed by atoms with Crippen LogP contribution >= 0.6 is 0 Å². The number of hydrogen-bond acceptors (Lipinski definition) is 6. The Morgan fingerprint density at radius 2 is 2.05 bits per heavy atom. The minimum Gasteiger partial charge on any atom is -0.468 e. The van der Waals surface area contributed by atoms with E-state index in [9.17, 15) is 13.2 Å². The van der Waals surface area contributed by atoms with Crippen molar-refractivity contribution >= 4 is 15.8 Å². The van der Waals surface area contributed by atoms with Gasteiger partial charge in [0, 0.05) is 13.1 Å². The highest BCUT2D eigenvalue weighted by Crippen LogP contribution is 2.41. The van der Waals surface area contributed by atoms with Crippen LogP contribution in [0.5, 0.6) is 0 Å². The maximum atomic E-state index is 12.4. The Labute approximate surface area is 127 Å². The number of nitrogens with one attached hydrogen (secondary N) is 1. The first-order valence-corrected chi connectivity index (χ1v) is 9.52. The predicted molar refractivity (Wildman–Crippen MR) is 80.9 cm³/mol. The lowest BCUT2D eigenvalue weighted by atomic mass is 9.92. The third-order valence-corrected chi connectivity index (χ3v) is 6.15. The standard InChI is InChI=1S/C14H26N2O4S/c1-3-15-14(12-5-6-12,13(17)20-2)11-16-7-4-9-21(18,19)10-8-16/h12,15H,3-11H2,1-2H3. The van der Waals surface area contributed by atoms with Gasteiger partial charge in [-0.25, -0.2) is 13.2 Å². The molecule has 1 atom stereocenters. The van der Waals surface area contributed by atoms with Crippen molar-refractivity contribution in [2.75, 3.05) is 44.8 Å². The van der Waals surface area contributed by atoms with E-state index in [1.165, 1.54) is 7.11 Å². The van der Waals surface area contributed by atoms with E-state index < -0.39 is 15.4 Å². The number of nitrogens with zero attached hydrogens (tertiary/aromatic N) is 1. The van der Waals surface area contributed by atoms with Crippen molar-refractivity contribution in [2.24, 2.45) is 5.92 Å². The van der Waals surface area contributed by atoms with E-state index in [4.69, 9.17) is 4.74 Å². The number of esters is 1. The number of carbonyl (C=O) groups excluding carboxylic acids is 1. The first-order chi connectivity index (χ1) is 9.93. The zero-order valence-electron chi connectivity index (χ0n) is 12.9. The summed E-state index contributed by atoms with van der Waals surface area (Å²) in [5.74, 6) is 0.504. The second-order valence-electron chi connectivity index (χ2n) is 6.05. The van der Waals surface area contributed by atoms with Gasteiger partial charge in [-0.15, -0.1) is 0 Å². The van der Waals surface area contributed by atoms with Crippen molar-refractivity contribution in [1.29, 1.82) is 0 Å². The van der Waals surface area contributed by atoms with Gasteiger partial charge in [0.1, 0.15) is 5.54 Å². The molecule has 1 heterocycles. The smallest absolute Gasteiger partial charge is 0.327 e. The highest BCUT2D eigenvalue weighted by atomic mass is 32.2. The van der Waals surface area contributed by atoms with Gasteiger partial charge in [-0.2, -0.15) is 0 Å². The van der Waals surface area contributed by atoms with Crippen LogP contribution in [0.25, 0.3) is 0 Å². The van der Waals surface area contributed by atoms with Crippen LogP contribution in [0.4, 0.5) is 0 Å². The summed E-state index contributed by atoms with van der Waals surface area (Å²) in [5.41, 5.74) is -0.683. The minimum atomic E-state index is -2.93. The fourth-order valence-corrected chi connectivity index (χ4v) is 4.52. The molecule has 0 aromatic heterocycles. The molecule has 2 rings (SSSR count). The summed E-state index contributed by atoms with van der Waals surface area (Å²) in [6.07, 6.45) is 2.68. The van der Waals surface area contributed by atoms with Gasteiger partial charge in [-0.3, -0.25) is 4.90 Å². The van der Waals surface area contributed by atoms with E-state index >= 15 is 0 Å². The van der Waals surface area contributed by atoms with Gasteiger partial charge < -0.3 is 10.1 Å². The Morgan fingerprint density at radius 1 is 1.33 bits per heavy atom. The zero-order valence-corrected chi connectivity index (χ0v) is 13.7. The van der Waals surface area contributed by atoms with Gasteiger partial charge in [0.2, 0.25) is 0 Å². The summed E-state index contributed by atoms with van der Waals surface area (Å²) in [6, 6.07) is 0. The van der Waals surface area contributed by atoms with Crippen LogP contribution in [0, 0.1) is 5.92 Å². The van der Waals surface area contributed by atoms with E-state index in [1.807, 2.05) is 6.92 Å². The van der Waals surface area contributed by atoms with Crippen LogP contribution in [0.2, 0.25) is 0 Å². The van der Waals surface area contributed by atoms with Gasteiger partial charge in [0.15, 0.2) is 9.84 Å². The molecule has 122 valence electrons. The van der Waals surface area contributed by atoms with Crippen molar-refractivity contribution in [3.63, 3.8) is 0 Å². The average Bonchev–Trinajstić information content (AvgIpc) is 3.27. The second kappa shape index (κ2) is 6.62. The molecule has 1 saturated heterocycles. The van der Waals surface area contributed by atoms with Gasteiger partial charge in [-0.05, 0) is 38.3 Å². The Hall–Kier alpha value is -0.660. The Morgan fingerprint density at radius 3 is 2.62 bits per heavy atom. The molecule has 0 aromatic rings. The van der Waals surface area contributed by atoms with Crippen LogP contribution < -0.4 is 5.32 Å². The maximum absolute atomic E-state index is 12.4. The third kappa shape index (κ3) is 3.96. The largest absolute Gasteiger partial charge is 0.468 e. The molecular formula is C14H26N2O4S. The van der Waals surface area contributed by atoms with Crippen molar-refractivity contribution < 1.29 is 17.9 Å². The molecule has 0 radical (unpaired) electrons. The molecule has 0 aromatic carbocycles. The number of likely N-dealkylation sites (N-methyl/N-ethyl adjacent to an activating group) is 1. The molecule has 0 amide bonds.